The molecule has 0 aromatic rings. The number of rotatable bonds is 3. The maximum atomic E-state index is 12.4. The monoisotopic (exact) mass is 466 g/mol. The Hall–Kier alpha value is 1.16. The van der Waals surface area contributed by atoms with E-state index >= 15 is 0 Å². The molecule has 0 unspecified atom stereocenters. The Morgan fingerprint density at radius 2 is 0.591 bits per heavy atom. The largest absolute Gasteiger partial charge is 0.432 e. The first-order valence-corrected chi connectivity index (χ1v) is 13.0. The van der Waals surface area contributed by atoms with Crippen LogP contribution in [0.15, 0.2) is 0 Å². The van der Waals surface area contributed by atoms with Gasteiger partial charge in [0, 0.05) is 0 Å². The predicted molar refractivity (Wildman–Crippen MR) is 68.0 cm³/mol. The molecule has 0 rings (SSSR count). The molecular weight excluding hydrogens is 466 g/mol. The summed E-state index contributed by atoms with van der Waals surface area (Å²) in [6.45, 7) is 0. The van der Waals surface area contributed by atoms with E-state index in [1.165, 1.54) is 0 Å². The highest BCUT2D eigenvalue weighted by Crippen LogP contribution is 2.91. The fourth-order valence-electron chi connectivity index (χ4n) is 0.550. The molecule has 0 saturated carbocycles. The van der Waals surface area contributed by atoms with Crippen molar-refractivity contribution in [3.8, 4) is 0 Å². The fraction of sp³-hybridized carbons (Fsp3) is 1.00. The van der Waals surface area contributed by atoms with Crippen molar-refractivity contribution in [3.05, 3.63) is 0 Å². The third-order valence-electron chi connectivity index (χ3n) is 1.58. The van der Waals surface area contributed by atoms with Crippen LogP contribution in [0.1, 0.15) is 0 Å². The molecule has 0 aromatic carbocycles. The molecule has 0 amide bonds. The van der Waals surface area contributed by atoms with Crippen LogP contribution in [0.3, 0.4) is 0 Å². The van der Waals surface area contributed by atoms with Crippen molar-refractivity contribution in [3.63, 3.8) is 0 Å². The van der Waals surface area contributed by atoms with Crippen LogP contribution >= 0.6 is 31.3 Å². The van der Waals surface area contributed by atoms with Gasteiger partial charge in [0.1, 0.15) is 0 Å². The summed E-state index contributed by atoms with van der Waals surface area (Å²) in [5, 5.41) is -13.3. The van der Waals surface area contributed by atoms with Crippen molar-refractivity contribution in [2.75, 3.05) is 0 Å². The Kier molecular flexibility index (Phi) is 6.81. The SMILES string of the molecule is FC(F)(F)P(=S)(SSP(=S)(C(F)(F)F)C(F)(F)F)C(F)(F)F. The van der Waals surface area contributed by atoms with Crippen LogP contribution in [-0.2, 0) is 23.6 Å². The molecule has 0 atom stereocenters. The highest BCUT2D eigenvalue weighted by molar-refractivity contribution is 9.19. The van der Waals surface area contributed by atoms with E-state index in [2.05, 4.69) is 23.6 Å². The van der Waals surface area contributed by atoms with Gasteiger partial charge in [0.2, 0.25) is 10.5 Å². The van der Waals surface area contributed by atoms with Gasteiger partial charge in [0.25, 0.3) is 0 Å². The molecule has 0 nitrogen and oxygen atoms in total. The summed E-state index contributed by atoms with van der Waals surface area (Å²) in [6, 6.07) is 0. The van der Waals surface area contributed by atoms with Gasteiger partial charge in [-0.2, -0.15) is 52.7 Å². The van der Waals surface area contributed by atoms with Gasteiger partial charge in [-0.05, 0) is 20.8 Å². The minimum Gasteiger partial charge on any atom is -0.165 e. The van der Waals surface area contributed by atoms with Crippen molar-refractivity contribution in [2.24, 2.45) is 0 Å². The molecule has 0 bridgehead atoms. The lowest BCUT2D eigenvalue weighted by molar-refractivity contribution is -0.0821. The highest BCUT2D eigenvalue weighted by atomic mass is 33.5. The molecule has 0 spiro atoms. The van der Waals surface area contributed by atoms with Gasteiger partial charge in [-0.15, -0.1) is 0 Å². The summed E-state index contributed by atoms with van der Waals surface area (Å²) >= 11 is 6.66. The predicted octanol–water partition coefficient (Wildman–Crippen LogP) is 7.24. The zero-order chi connectivity index (χ0) is 18.4. The van der Waals surface area contributed by atoms with E-state index in [-0.39, 0.29) is 0 Å². The Labute approximate surface area is 131 Å². The first-order chi connectivity index (χ1) is 9.21. The molecule has 0 N–H and O–H groups in total. The molecule has 0 saturated heterocycles. The maximum Gasteiger partial charge on any atom is 0.432 e. The number of halogens is 12. The van der Waals surface area contributed by atoms with Crippen LogP contribution in [0.2, 0.25) is 0 Å². The second-order valence-electron chi connectivity index (χ2n) is 3.12. The first kappa shape index (κ1) is 23.2. The van der Waals surface area contributed by atoms with Crippen LogP contribution in [0.5, 0.6) is 0 Å². The molecule has 0 aliphatic carbocycles. The lowest BCUT2D eigenvalue weighted by Gasteiger charge is -2.30. The van der Waals surface area contributed by atoms with Crippen molar-refractivity contribution >= 4 is 54.9 Å². The van der Waals surface area contributed by atoms with E-state index in [0.717, 1.165) is 0 Å². The standard InChI is InChI=1S/C4F12P2S4/c5-1(6,7)17(19,2(8,9)10)21-22-18(20,3(11,12)13)4(14,15)16. The summed E-state index contributed by atoms with van der Waals surface area (Å²) in [4.78, 5) is 0. The lowest BCUT2D eigenvalue weighted by atomic mass is 11.5. The van der Waals surface area contributed by atoms with Gasteiger partial charge in [-0.25, -0.2) is 0 Å². The first-order valence-electron chi connectivity index (χ1n) is 4.06. The third kappa shape index (κ3) is 4.41. The van der Waals surface area contributed by atoms with Crippen LogP contribution < -0.4 is 0 Å². The average molecular weight is 466 g/mol. The van der Waals surface area contributed by atoms with E-state index in [9.17, 15) is 52.7 Å². The maximum absolute atomic E-state index is 12.4. The van der Waals surface area contributed by atoms with Crippen molar-refractivity contribution in [2.45, 2.75) is 23.7 Å². The summed E-state index contributed by atoms with van der Waals surface area (Å²) in [5.74, 6) is -24.9. The topological polar surface area (TPSA) is 0 Å². The highest BCUT2D eigenvalue weighted by Gasteiger charge is 2.69. The van der Waals surface area contributed by atoms with E-state index in [1.54, 1.807) is 0 Å². The van der Waals surface area contributed by atoms with Crippen molar-refractivity contribution in [1.29, 1.82) is 0 Å². The summed E-state index contributed by atoms with van der Waals surface area (Å²) in [5.41, 5.74) is 0. The normalized spacial score (nSPS) is 16.0. The quantitative estimate of drug-likeness (QED) is 0.244. The van der Waals surface area contributed by atoms with E-state index < -0.39 is 55.0 Å². The zero-order valence-corrected chi connectivity index (χ0v) is 14.1. The minimum atomic E-state index is -6.65. The summed E-state index contributed by atoms with van der Waals surface area (Å²) < 4.78 is 149. The smallest absolute Gasteiger partial charge is 0.165 e. The third-order valence-corrected chi connectivity index (χ3v) is 20.6. The Balaban J connectivity index is 5.84. The van der Waals surface area contributed by atoms with Crippen LogP contribution in [0.4, 0.5) is 52.7 Å². The van der Waals surface area contributed by atoms with Crippen LogP contribution in [0, 0.1) is 0 Å². The molecule has 22 heavy (non-hydrogen) atoms. The molecule has 0 fully saturated rings. The van der Waals surface area contributed by atoms with Gasteiger partial charge in [0.15, 0.2) is 0 Å². The fourth-order valence-corrected chi connectivity index (χ4v) is 17.4. The van der Waals surface area contributed by atoms with Gasteiger partial charge < -0.3 is 0 Å². The number of alkyl halides is 12. The molecule has 134 valence electrons. The molecule has 0 aliphatic rings. The number of hydrogen-bond donors (Lipinski definition) is 0. The Morgan fingerprint density at radius 3 is 0.682 bits per heavy atom. The van der Waals surface area contributed by atoms with E-state index in [4.69, 9.17) is 0 Å². The molecule has 0 aromatic heterocycles. The molecule has 0 radical (unpaired) electrons. The van der Waals surface area contributed by atoms with Crippen molar-refractivity contribution in [1.82, 2.24) is 0 Å². The van der Waals surface area contributed by atoms with Gasteiger partial charge in [0.05, 0.1) is 0 Å². The Morgan fingerprint density at radius 1 is 0.455 bits per heavy atom. The van der Waals surface area contributed by atoms with Crippen molar-refractivity contribution < 1.29 is 52.7 Å². The summed E-state index contributed by atoms with van der Waals surface area (Å²) in [7, 11) is -3.41. The van der Waals surface area contributed by atoms with Gasteiger partial charge in [-0.3, -0.25) is 0 Å². The molecule has 0 aliphatic heterocycles. The average Bonchev–Trinajstić information content (AvgIpc) is 2.18. The van der Waals surface area contributed by atoms with Gasteiger partial charge >= 0.3 is 23.7 Å². The molecular formula is C4F12P2S4. The Bertz CT molecular complexity index is 413. The van der Waals surface area contributed by atoms with Gasteiger partial charge in [-0.1, -0.05) is 23.6 Å². The number of hydrogen-bond acceptors (Lipinski definition) is 4. The van der Waals surface area contributed by atoms with E-state index in [0.29, 0.717) is 0 Å². The lowest BCUT2D eigenvalue weighted by Crippen LogP contribution is -2.21. The van der Waals surface area contributed by atoms with Crippen LogP contribution in [0.25, 0.3) is 0 Å². The zero-order valence-electron chi connectivity index (χ0n) is 9.06. The minimum absolute atomic E-state index is 1.70. The van der Waals surface area contributed by atoms with Crippen LogP contribution in [-0.4, -0.2) is 23.7 Å². The second kappa shape index (κ2) is 6.47. The molecule has 0 heterocycles. The molecule has 18 heteroatoms. The summed E-state index contributed by atoms with van der Waals surface area (Å²) in [6.07, 6.45) is 0. The second-order valence-corrected chi connectivity index (χ2v) is 19.2. The van der Waals surface area contributed by atoms with E-state index in [1.807, 2.05) is 0 Å².